The highest BCUT2D eigenvalue weighted by Gasteiger charge is 2.36. The molecular formula is C11H17F3N4S. The molecule has 1 aliphatic rings. The number of nitrogens with two attached hydrogens (primary N) is 1. The van der Waals surface area contributed by atoms with Crippen LogP contribution < -0.4 is 10.6 Å². The van der Waals surface area contributed by atoms with Gasteiger partial charge in [-0.3, -0.25) is 0 Å². The van der Waals surface area contributed by atoms with Crippen LogP contribution in [0.4, 0.5) is 18.3 Å². The summed E-state index contributed by atoms with van der Waals surface area (Å²) in [6.45, 7) is 0.925. The van der Waals surface area contributed by atoms with E-state index < -0.39 is 11.2 Å². The molecule has 0 radical (unpaired) electrons. The smallest absolute Gasteiger partial charge is 0.342 e. The van der Waals surface area contributed by atoms with Crippen LogP contribution in [0.3, 0.4) is 0 Å². The summed E-state index contributed by atoms with van der Waals surface area (Å²) in [5.41, 5.74) is 5.56. The van der Waals surface area contributed by atoms with E-state index in [0.717, 1.165) is 25.7 Å². The third kappa shape index (κ3) is 3.56. The van der Waals surface area contributed by atoms with Crippen LogP contribution in [0.5, 0.6) is 0 Å². The molecule has 19 heavy (non-hydrogen) atoms. The van der Waals surface area contributed by atoms with E-state index in [9.17, 15) is 13.2 Å². The summed E-state index contributed by atoms with van der Waals surface area (Å²) >= 11 is 0.605. The number of aromatic nitrogens is 2. The fraction of sp³-hybridized carbons (Fsp3) is 0.818. The predicted octanol–water partition coefficient (Wildman–Crippen LogP) is 2.65. The van der Waals surface area contributed by atoms with Crippen LogP contribution in [0.1, 0.15) is 37.1 Å². The molecule has 2 N–H and O–H groups in total. The second-order valence-corrected chi connectivity index (χ2v) is 5.62. The molecule has 0 spiro atoms. The van der Waals surface area contributed by atoms with Crippen LogP contribution in [0.25, 0.3) is 0 Å². The largest absolute Gasteiger partial charge is 0.445 e. The van der Waals surface area contributed by atoms with Crippen LogP contribution >= 0.6 is 11.3 Å². The molecule has 2 rings (SSSR count). The maximum absolute atomic E-state index is 12.6. The first-order valence-corrected chi connectivity index (χ1v) is 7.21. The van der Waals surface area contributed by atoms with Crippen molar-refractivity contribution in [2.45, 2.75) is 44.3 Å². The highest BCUT2D eigenvalue weighted by molar-refractivity contribution is 7.15. The molecule has 1 aromatic rings. The lowest BCUT2D eigenvalue weighted by atomic mass is 9.94. The zero-order chi connectivity index (χ0) is 13.9. The van der Waals surface area contributed by atoms with E-state index in [4.69, 9.17) is 5.73 Å². The van der Waals surface area contributed by atoms with Gasteiger partial charge in [0.05, 0.1) is 0 Å². The molecule has 8 heteroatoms. The predicted molar refractivity (Wildman–Crippen MR) is 68.2 cm³/mol. The average Bonchev–Trinajstić information content (AvgIpc) is 2.86. The van der Waals surface area contributed by atoms with Crippen molar-refractivity contribution in [3.05, 3.63) is 5.01 Å². The highest BCUT2D eigenvalue weighted by atomic mass is 32.1. The summed E-state index contributed by atoms with van der Waals surface area (Å²) in [7, 11) is 0. The first-order chi connectivity index (χ1) is 9.02. The molecule has 0 atom stereocenters. The molecule has 0 saturated heterocycles. The van der Waals surface area contributed by atoms with Gasteiger partial charge in [0, 0.05) is 19.1 Å². The van der Waals surface area contributed by atoms with E-state index in [1.54, 1.807) is 0 Å². The molecule has 0 aliphatic heterocycles. The van der Waals surface area contributed by atoms with E-state index >= 15 is 0 Å². The summed E-state index contributed by atoms with van der Waals surface area (Å²) < 4.78 is 37.7. The standard InChI is InChI=1S/C11H17F3N4S/c12-11(13,14)9-16-17-10(19-9)18(7-6-15)8-4-2-1-3-5-8/h8H,1-7,15H2. The zero-order valence-corrected chi connectivity index (χ0v) is 11.3. The molecule has 1 fully saturated rings. The fourth-order valence-corrected chi connectivity index (χ4v) is 3.22. The van der Waals surface area contributed by atoms with Crippen LogP contribution in [-0.4, -0.2) is 29.3 Å². The van der Waals surface area contributed by atoms with Crippen LogP contribution in [-0.2, 0) is 6.18 Å². The first kappa shape index (κ1) is 14.5. The molecule has 0 amide bonds. The van der Waals surface area contributed by atoms with Crippen molar-refractivity contribution in [1.29, 1.82) is 0 Å². The Morgan fingerprint density at radius 2 is 1.89 bits per heavy atom. The monoisotopic (exact) mass is 294 g/mol. The first-order valence-electron chi connectivity index (χ1n) is 6.40. The van der Waals surface area contributed by atoms with Gasteiger partial charge in [-0.05, 0) is 12.8 Å². The lowest BCUT2D eigenvalue weighted by Gasteiger charge is -2.33. The van der Waals surface area contributed by atoms with Gasteiger partial charge in [-0.15, -0.1) is 10.2 Å². The van der Waals surface area contributed by atoms with Crippen molar-refractivity contribution < 1.29 is 13.2 Å². The van der Waals surface area contributed by atoms with Gasteiger partial charge in [0.2, 0.25) is 10.1 Å². The van der Waals surface area contributed by atoms with Gasteiger partial charge >= 0.3 is 6.18 Å². The van der Waals surface area contributed by atoms with Crippen molar-refractivity contribution in [1.82, 2.24) is 10.2 Å². The number of rotatable bonds is 4. The lowest BCUT2D eigenvalue weighted by Crippen LogP contribution is -2.40. The fourth-order valence-electron chi connectivity index (χ4n) is 2.41. The van der Waals surface area contributed by atoms with Crippen molar-refractivity contribution in [3.8, 4) is 0 Å². The van der Waals surface area contributed by atoms with E-state index in [1.807, 2.05) is 4.90 Å². The number of alkyl halides is 3. The van der Waals surface area contributed by atoms with Gasteiger partial charge in [0.1, 0.15) is 0 Å². The number of hydrogen-bond acceptors (Lipinski definition) is 5. The van der Waals surface area contributed by atoms with Crippen molar-refractivity contribution in [2.24, 2.45) is 5.73 Å². The second-order valence-electron chi connectivity index (χ2n) is 4.66. The van der Waals surface area contributed by atoms with Crippen molar-refractivity contribution in [2.75, 3.05) is 18.0 Å². The van der Waals surface area contributed by atoms with Gasteiger partial charge < -0.3 is 10.6 Å². The van der Waals surface area contributed by atoms with E-state index in [0.29, 0.717) is 29.6 Å². The normalized spacial score (nSPS) is 17.7. The van der Waals surface area contributed by atoms with Crippen molar-refractivity contribution >= 4 is 16.5 Å². The summed E-state index contributed by atoms with van der Waals surface area (Å²) in [6, 6.07) is 0.242. The summed E-state index contributed by atoms with van der Waals surface area (Å²) in [5, 5.41) is 6.39. The average molecular weight is 294 g/mol. The zero-order valence-electron chi connectivity index (χ0n) is 10.5. The van der Waals surface area contributed by atoms with Crippen LogP contribution in [0.2, 0.25) is 0 Å². The van der Waals surface area contributed by atoms with Gasteiger partial charge in [-0.2, -0.15) is 13.2 Å². The summed E-state index contributed by atoms with van der Waals surface area (Å²) in [6.07, 6.45) is 0.961. The Bertz CT molecular complexity index is 401. The van der Waals surface area contributed by atoms with E-state index in [1.165, 1.54) is 6.42 Å². The molecule has 1 heterocycles. The molecular weight excluding hydrogens is 277 g/mol. The Kier molecular flexibility index (Phi) is 4.62. The number of nitrogens with zero attached hydrogens (tertiary/aromatic N) is 3. The second kappa shape index (κ2) is 6.04. The minimum absolute atomic E-state index is 0.242. The van der Waals surface area contributed by atoms with Gasteiger partial charge in [0.25, 0.3) is 0 Å². The highest BCUT2D eigenvalue weighted by Crippen LogP contribution is 2.36. The third-order valence-electron chi connectivity index (χ3n) is 3.29. The quantitative estimate of drug-likeness (QED) is 0.927. The molecule has 1 saturated carbocycles. The van der Waals surface area contributed by atoms with Crippen LogP contribution in [0.15, 0.2) is 0 Å². The third-order valence-corrected chi connectivity index (χ3v) is 4.29. The van der Waals surface area contributed by atoms with Crippen LogP contribution in [0, 0.1) is 0 Å². The summed E-state index contributed by atoms with van der Waals surface area (Å²) in [5.74, 6) is 0. The molecule has 1 aromatic heterocycles. The SMILES string of the molecule is NCCN(c1nnc(C(F)(F)F)s1)C1CCCCC1. The molecule has 108 valence electrons. The Morgan fingerprint density at radius 1 is 1.21 bits per heavy atom. The summed E-state index contributed by atoms with van der Waals surface area (Å²) in [4.78, 5) is 1.89. The molecule has 4 nitrogen and oxygen atoms in total. The Morgan fingerprint density at radius 3 is 2.42 bits per heavy atom. The molecule has 0 unspecified atom stereocenters. The van der Waals surface area contributed by atoms with Gasteiger partial charge in [-0.1, -0.05) is 30.6 Å². The van der Waals surface area contributed by atoms with Gasteiger partial charge in [0.15, 0.2) is 0 Å². The molecule has 1 aliphatic carbocycles. The molecule has 0 aromatic carbocycles. The number of halogens is 3. The maximum Gasteiger partial charge on any atom is 0.445 e. The Balaban J connectivity index is 2.16. The minimum atomic E-state index is -4.42. The minimum Gasteiger partial charge on any atom is -0.342 e. The number of hydrogen-bond donors (Lipinski definition) is 1. The van der Waals surface area contributed by atoms with E-state index in [-0.39, 0.29) is 6.04 Å². The Hall–Kier alpha value is -0.890. The lowest BCUT2D eigenvalue weighted by molar-refractivity contribution is -0.138. The number of anilines is 1. The Labute approximate surface area is 113 Å². The van der Waals surface area contributed by atoms with Crippen molar-refractivity contribution in [3.63, 3.8) is 0 Å². The van der Waals surface area contributed by atoms with E-state index in [2.05, 4.69) is 10.2 Å². The maximum atomic E-state index is 12.6. The topological polar surface area (TPSA) is 55.0 Å². The molecule has 0 bridgehead atoms. The van der Waals surface area contributed by atoms with Gasteiger partial charge in [-0.25, -0.2) is 0 Å².